The van der Waals surface area contributed by atoms with Crippen LogP contribution in [-0.2, 0) is 15.4 Å². The summed E-state index contributed by atoms with van der Waals surface area (Å²) in [4.78, 5) is 5.57. The predicted octanol–water partition coefficient (Wildman–Crippen LogP) is 10.9. The van der Waals surface area contributed by atoms with E-state index in [-0.39, 0.29) is 10.3 Å². The number of aromatic nitrogens is 2. The van der Waals surface area contributed by atoms with Gasteiger partial charge < -0.3 is 4.74 Å². The maximum absolute atomic E-state index is 14.6. The molecular formula is C44H40N2O3S. The Morgan fingerprint density at radius 2 is 1.16 bits per heavy atom. The molecule has 0 N–H and O–H groups in total. The number of methoxy groups -OCH3 is 1. The van der Waals surface area contributed by atoms with Crippen molar-refractivity contribution in [1.29, 1.82) is 0 Å². The number of nitrogens with zero attached hydrogens (tertiary/aromatic N) is 2. The van der Waals surface area contributed by atoms with Gasteiger partial charge in [-0.25, -0.2) is 17.4 Å². The minimum atomic E-state index is -4.05. The molecular weight excluding hydrogens is 637 g/mol. The minimum absolute atomic E-state index is 0.0380. The molecule has 250 valence electrons. The van der Waals surface area contributed by atoms with E-state index in [1.54, 1.807) is 25.4 Å². The molecule has 7 rings (SSSR count). The maximum Gasteiger partial charge on any atom is 0.269 e. The maximum atomic E-state index is 14.6. The van der Waals surface area contributed by atoms with E-state index < -0.39 is 10.0 Å². The number of hydrogen-bond acceptors (Lipinski definition) is 4. The van der Waals surface area contributed by atoms with Gasteiger partial charge in [0.15, 0.2) is 5.65 Å². The van der Waals surface area contributed by atoms with Crippen LogP contribution in [0.1, 0.15) is 37.5 Å². The van der Waals surface area contributed by atoms with Crippen LogP contribution in [0.2, 0.25) is 0 Å². The molecule has 0 aliphatic rings. The van der Waals surface area contributed by atoms with Crippen LogP contribution in [0.3, 0.4) is 0 Å². The van der Waals surface area contributed by atoms with Crippen LogP contribution < -0.4 is 4.74 Å². The van der Waals surface area contributed by atoms with Crippen molar-refractivity contribution in [3.63, 3.8) is 0 Å². The molecule has 0 aliphatic heterocycles. The van der Waals surface area contributed by atoms with Crippen molar-refractivity contribution >= 4 is 21.1 Å². The minimum Gasteiger partial charge on any atom is -0.497 e. The molecule has 0 bridgehead atoms. The second-order valence-electron chi connectivity index (χ2n) is 13.9. The van der Waals surface area contributed by atoms with E-state index in [2.05, 4.69) is 69.3 Å². The van der Waals surface area contributed by atoms with Crippen molar-refractivity contribution in [2.24, 2.45) is 0 Å². The first-order valence-electron chi connectivity index (χ1n) is 16.7. The zero-order valence-corrected chi connectivity index (χ0v) is 30.0. The van der Waals surface area contributed by atoms with Gasteiger partial charge in [-0.1, -0.05) is 135 Å². The summed E-state index contributed by atoms with van der Waals surface area (Å²) in [5.74, 6) is 0.746. The highest BCUT2D eigenvalue weighted by Crippen LogP contribution is 2.48. The zero-order valence-electron chi connectivity index (χ0n) is 29.2. The SMILES string of the molecule is COc1ccc(-c2c(-c3ccc(C(C)(C)C)cc3)nc3c(c(-c4ccc(C)cc4)cn3S(=O)(=O)c3ccc(C)cc3)c2-c2ccccc2)cc1. The summed E-state index contributed by atoms with van der Waals surface area (Å²) in [5, 5.41) is 0.761. The number of rotatable bonds is 7. The van der Waals surface area contributed by atoms with Crippen LogP contribution in [0.4, 0.5) is 0 Å². The van der Waals surface area contributed by atoms with Crippen LogP contribution in [0, 0.1) is 13.8 Å². The summed E-state index contributed by atoms with van der Waals surface area (Å²) in [5.41, 5.74) is 10.6. The molecule has 7 aromatic rings. The average Bonchev–Trinajstić information content (AvgIpc) is 3.51. The number of aryl methyl sites for hydroxylation is 2. The van der Waals surface area contributed by atoms with E-state index >= 15 is 0 Å². The first kappa shape index (κ1) is 33.1. The lowest BCUT2D eigenvalue weighted by molar-refractivity contribution is 0.415. The fraction of sp³-hybridized carbons (Fsp3) is 0.159. The summed E-state index contributed by atoms with van der Waals surface area (Å²) in [7, 11) is -2.39. The van der Waals surface area contributed by atoms with Gasteiger partial charge >= 0.3 is 0 Å². The highest BCUT2D eigenvalue weighted by atomic mass is 32.2. The molecule has 0 saturated heterocycles. The van der Waals surface area contributed by atoms with E-state index in [1.165, 1.54) is 9.54 Å². The van der Waals surface area contributed by atoms with Gasteiger partial charge in [0.2, 0.25) is 0 Å². The van der Waals surface area contributed by atoms with Crippen LogP contribution in [-0.4, -0.2) is 24.5 Å². The van der Waals surface area contributed by atoms with Crippen molar-refractivity contribution in [3.8, 4) is 50.4 Å². The molecule has 2 heterocycles. The summed E-state index contributed by atoms with van der Waals surface area (Å²) >= 11 is 0. The standard InChI is InChI=1S/C44H40N2O3S/c1-29-12-16-31(17-13-29)38-28-46(50(47,48)37-26-14-30(2)15-27-37)43-41(38)39(32-10-8-7-9-11-32)40(33-20-24-36(49-6)25-21-33)42(45-43)34-18-22-35(23-19-34)44(3,4)5/h7-28H,1-6H3. The summed E-state index contributed by atoms with van der Waals surface area (Å²) in [6.45, 7) is 10.6. The fourth-order valence-electron chi connectivity index (χ4n) is 6.46. The van der Waals surface area contributed by atoms with Gasteiger partial charge in [-0.05, 0) is 65.8 Å². The molecule has 0 spiro atoms. The van der Waals surface area contributed by atoms with Crippen molar-refractivity contribution < 1.29 is 13.2 Å². The molecule has 0 radical (unpaired) electrons. The number of pyridine rings is 1. The van der Waals surface area contributed by atoms with Gasteiger partial charge in [0.1, 0.15) is 5.75 Å². The van der Waals surface area contributed by atoms with Gasteiger partial charge in [-0.2, -0.15) is 0 Å². The highest BCUT2D eigenvalue weighted by Gasteiger charge is 2.29. The quantitative estimate of drug-likeness (QED) is 0.169. The van der Waals surface area contributed by atoms with E-state index in [0.29, 0.717) is 11.3 Å². The molecule has 5 aromatic carbocycles. The largest absolute Gasteiger partial charge is 0.497 e. The predicted molar refractivity (Wildman–Crippen MR) is 205 cm³/mol. The van der Waals surface area contributed by atoms with Crippen molar-refractivity contribution in [2.45, 2.75) is 44.9 Å². The molecule has 50 heavy (non-hydrogen) atoms. The second kappa shape index (κ2) is 12.8. The summed E-state index contributed by atoms with van der Waals surface area (Å²) in [6, 6.07) is 41.9. The van der Waals surface area contributed by atoms with Crippen LogP contribution in [0.15, 0.2) is 138 Å². The Morgan fingerprint density at radius 1 is 0.620 bits per heavy atom. The Bertz CT molecular complexity index is 2420. The molecule has 0 amide bonds. The number of hydrogen-bond donors (Lipinski definition) is 0. The molecule has 0 fully saturated rings. The molecule has 0 saturated carbocycles. The zero-order chi connectivity index (χ0) is 35.2. The number of benzene rings is 5. The van der Waals surface area contributed by atoms with Crippen molar-refractivity contribution in [3.05, 3.63) is 150 Å². The molecule has 6 heteroatoms. The Morgan fingerprint density at radius 3 is 1.74 bits per heavy atom. The van der Waals surface area contributed by atoms with Gasteiger partial charge in [-0.3, -0.25) is 0 Å². The Kier molecular flexibility index (Phi) is 8.44. The molecule has 5 nitrogen and oxygen atoms in total. The topological polar surface area (TPSA) is 61.2 Å². The van der Waals surface area contributed by atoms with E-state index in [1.807, 2.05) is 80.6 Å². The summed E-state index contributed by atoms with van der Waals surface area (Å²) < 4.78 is 36.2. The van der Waals surface area contributed by atoms with Gasteiger partial charge in [0, 0.05) is 33.8 Å². The number of fused-ring (bicyclic) bond motifs is 1. The van der Waals surface area contributed by atoms with Gasteiger partial charge in [0.05, 0.1) is 17.7 Å². The normalized spacial score (nSPS) is 12.0. The van der Waals surface area contributed by atoms with Gasteiger partial charge in [0.25, 0.3) is 10.0 Å². The molecule has 0 aliphatic carbocycles. The lowest BCUT2D eigenvalue weighted by Gasteiger charge is -2.21. The van der Waals surface area contributed by atoms with E-state index in [0.717, 1.165) is 61.2 Å². The first-order chi connectivity index (χ1) is 24.0. The van der Waals surface area contributed by atoms with Crippen LogP contribution in [0.25, 0.3) is 55.7 Å². The molecule has 2 aromatic heterocycles. The highest BCUT2D eigenvalue weighted by molar-refractivity contribution is 7.90. The third kappa shape index (κ3) is 6.01. The monoisotopic (exact) mass is 676 g/mol. The van der Waals surface area contributed by atoms with E-state index in [4.69, 9.17) is 9.72 Å². The lowest BCUT2D eigenvalue weighted by atomic mass is 9.85. The van der Waals surface area contributed by atoms with Crippen molar-refractivity contribution in [1.82, 2.24) is 8.96 Å². The average molecular weight is 677 g/mol. The third-order valence-electron chi connectivity index (χ3n) is 9.31. The van der Waals surface area contributed by atoms with Crippen LogP contribution in [0.5, 0.6) is 5.75 Å². The smallest absolute Gasteiger partial charge is 0.269 e. The van der Waals surface area contributed by atoms with E-state index in [9.17, 15) is 8.42 Å². The van der Waals surface area contributed by atoms with Crippen molar-refractivity contribution in [2.75, 3.05) is 7.11 Å². The third-order valence-corrected chi connectivity index (χ3v) is 11.0. The second-order valence-corrected chi connectivity index (χ2v) is 15.7. The Hall–Kier alpha value is -5.46. The fourth-order valence-corrected chi connectivity index (χ4v) is 7.77. The Balaban J connectivity index is 1.68. The summed E-state index contributed by atoms with van der Waals surface area (Å²) in [6.07, 6.45) is 1.74. The Labute approximate surface area is 294 Å². The van der Waals surface area contributed by atoms with Gasteiger partial charge in [-0.15, -0.1) is 0 Å². The molecule has 0 atom stereocenters. The molecule has 0 unspecified atom stereocenters. The lowest BCUT2D eigenvalue weighted by Crippen LogP contribution is -2.13. The van der Waals surface area contributed by atoms with Crippen LogP contribution >= 0.6 is 0 Å². The number of ether oxygens (including phenoxy) is 1. The first-order valence-corrected chi connectivity index (χ1v) is 18.2.